The third kappa shape index (κ3) is 5.23. The number of aryl methyl sites for hydroxylation is 1. The number of aromatic nitrogens is 1. The van der Waals surface area contributed by atoms with E-state index in [1.807, 2.05) is 0 Å². The van der Waals surface area contributed by atoms with Crippen molar-refractivity contribution in [1.29, 1.82) is 0 Å². The van der Waals surface area contributed by atoms with Crippen molar-refractivity contribution in [3.63, 3.8) is 0 Å². The summed E-state index contributed by atoms with van der Waals surface area (Å²) in [4.78, 5) is 4.12. The monoisotopic (exact) mass is 340 g/mol. The van der Waals surface area contributed by atoms with Crippen molar-refractivity contribution in [1.82, 2.24) is 4.98 Å². The van der Waals surface area contributed by atoms with Crippen LogP contribution in [0.3, 0.4) is 0 Å². The summed E-state index contributed by atoms with van der Waals surface area (Å²) in [5.41, 5.74) is 0.742. The molecule has 0 saturated heterocycles. The van der Waals surface area contributed by atoms with Gasteiger partial charge in [0.1, 0.15) is 5.82 Å². The Morgan fingerprint density at radius 3 is 2.71 bits per heavy atom. The fourth-order valence-electron chi connectivity index (χ4n) is 1.20. The lowest BCUT2D eigenvalue weighted by Gasteiger charge is -2.07. The zero-order valence-corrected chi connectivity index (χ0v) is 12.6. The molecule has 0 aliphatic rings. The lowest BCUT2D eigenvalue weighted by molar-refractivity contribution is 0.598. The number of rotatable bonds is 6. The summed E-state index contributed by atoms with van der Waals surface area (Å²) >= 11 is 8.80. The minimum absolute atomic E-state index is 0.0660. The van der Waals surface area contributed by atoms with Crippen molar-refractivity contribution in [3.8, 4) is 0 Å². The van der Waals surface area contributed by atoms with E-state index < -0.39 is 10.0 Å². The van der Waals surface area contributed by atoms with Gasteiger partial charge in [0, 0.05) is 10.4 Å². The largest absolute Gasteiger partial charge is 0.267 e. The minimum Gasteiger partial charge on any atom is -0.267 e. The number of alkyl halides is 1. The molecule has 0 aromatic carbocycles. The van der Waals surface area contributed by atoms with E-state index in [4.69, 9.17) is 11.6 Å². The fraction of sp³-hybridized carbons (Fsp3) is 0.500. The number of hydrogen-bond donors (Lipinski definition) is 1. The lowest BCUT2D eigenvalue weighted by Crippen LogP contribution is -2.17. The third-order valence-electron chi connectivity index (χ3n) is 2.08. The van der Waals surface area contributed by atoms with Gasteiger partial charge in [-0.1, -0.05) is 0 Å². The van der Waals surface area contributed by atoms with E-state index in [1.54, 1.807) is 19.1 Å². The summed E-state index contributed by atoms with van der Waals surface area (Å²) in [6.07, 6.45) is 1.24. The van der Waals surface area contributed by atoms with Gasteiger partial charge in [-0.25, -0.2) is 13.4 Å². The van der Waals surface area contributed by atoms with E-state index in [2.05, 4.69) is 25.6 Å². The molecule has 4 nitrogen and oxygen atoms in total. The Morgan fingerprint density at radius 2 is 2.12 bits per heavy atom. The zero-order valence-electron chi connectivity index (χ0n) is 9.41. The third-order valence-corrected chi connectivity index (χ3v) is 4.53. The molecular weight excluding hydrogens is 328 g/mol. The molecule has 0 spiro atoms. The Balaban J connectivity index is 2.66. The van der Waals surface area contributed by atoms with Crippen LogP contribution in [0, 0.1) is 6.92 Å². The van der Waals surface area contributed by atoms with Crippen molar-refractivity contribution in [2.75, 3.05) is 16.4 Å². The Labute approximate surface area is 115 Å². The first-order valence-electron chi connectivity index (χ1n) is 5.14. The van der Waals surface area contributed by atoms with Crippen LogP contribution in [0.4, 0.5) is 5.82 Å². The molecule has 0 fully saturated rings. The van der Waals surface area contributed by atoms with Crippen LogP contribution < -0.4 is 4.72 Å². The molecule has 1 aromatic rings. The zero-order chi connectivity index (χ0) is 12.9. The molecular formula is C10H14BrClN2O2S. The van der Waals surface area contributed by atoms with Crippen LogP contribution in [0.2, 0.25) is 0 Å². The van der Waals surface area contributed by atoms with Crippen molar-refractivity contribution in [2.45, 2.75) is 19.8 Å². The Kier molecular flexibility index (Phi) is 5.69. The van der Waals surface area contributed by atoms with Gasteiger partial charge in [-0.3, -0.25) is 4.72 Å². The van der Waals surface area contributed by atoms with Crippen molar-refractivity contribution >= 4 is 43.4 Å². The van der Waals surface area contributed by atoms with Crippen molar-refractivity contribution in [3.05, 3.63) is 22.3 Å². The van der Waals surface area contributed by atoms with Gasteiger partial charge in [-0.15, -0.1) is 11.6 Å². The number of halogens is 2. The molecule has 0 aliphatic heterocycles. The summed E-state index contributed by atoms with van der Waals surface area (Å²) in [7, 11) is -3.32. The van der Waals surface area contributed by atoms with Gasteiger partial charge in [-0.05, 0) is 47.8 Å². The molecule has 1 heterocycles. The van der Waals surface area contributed by atoms with Gasteiger partial charge >= 0.3 is 0 Å². The number of nitrogens with zero attached hydrogens (tertiary/aromatic N) is 1. The average Bonchev–Trinajstić information content (AvgIpc) is 2.23. The van der Waals surface area contributed by atoms with Gasteiger partial charge < -0.3 is 0 Å². The van der Waals surface area contributed by atoms with Gasteiger partial charge in [0.05, 0.1) is 11.4 Å². The highest BCUT2D eigenvalue weighted by atomic mass is 79.9. The standard InChI is InChI=1S/C10H14BrClN2O2S/c1-8-9(11)4-5-10(13-8)14-17(15,16)7-3-2-6-12/h4-5H,2-3,6-7H2,1H3,(H,13,14). The molecule has 1 N–H and O–H groups in total. The first-order chi connectivity index (χ1) is 7.94. The molecule has 0 aliphatic carbocycles. The highest BCUT2D eigenvalue weighted by Gasteiger charge is 2.11. The second-order valence-electron chi connectivity index (χ2n) is 3.58. The molecule has 1 rings (SSSR count). The van der Waals surface area contributed by atoms with E-state index in [-0.39, 0.29) is 5.75 Å². The van der Waals surface area contributed by atoms with Gasteiger partial charge in [0.2, 0.25) is 10.0 Å². The fourth-order valence-corrected chi connectivity index (χ4v) is 2.73. The van der Waals surface area contributed by atoms with Crippen LogP contribution in [-0.2, 0) is 10.0 Å². The van der Waals surface area contributed by atoms with E-state index in [0.717, 1.165) is 10.2 Å². The average molecular weight is 342 g/mol. The molecule has 0 unspecified atom stereocenters. The first kappa shape index (κ1) is 14.7. The Hall–Kier alpha value is -0.330. The van der Waals surface area contributed by atoms with Crippen LogP contribution in [0.5, 0.6) is 0 Å². The van der Waals surface area contributed by atoms with Gasteiger partial charge in [0.15, 0.2) is 0 Å². The number of nitrogens with one attached hydrogen (secondary N) is 1. The molecule has 7 heteroatoms. The molecule has 17 heavy (non-hydrogen) atoms. The van der Waals surface area contributed by atoms with E-state index in [9.17, 15) is 8.42 Å². The van der Waals surface area contributed by atoms with Crippen molar-refractivity contribution < 1.29 is 8.42 Å². The number of unbranched alkanes of at least 4 members (excludes halogenated alkanes) is 1. The van der Waals surface area contributed by atoms with Gasteiger partial charge in [-0.2, -0.15) is 0 Å². The molecule has 96 valence electrons. The van der Waals surface area contributed by atoms with E-state index >= 15 is 0 Å². The highest BCUT2D eigenvalue weighted by Crippen LogP contribution is 2.17. The summed E-state index contributed by atoms with van der Waals surface area (Å²) in [6.45, 7) is 1.80. The Morgan fingerprint density at radius 1 is 1.41 bits per heavy atom. The SMILES string of the molecule is Cc1nc(NS(=O)(=O)CCCCCl)ccc1Br. The van der Waals surface area contributed by atoms with Crippen LogP contribution in [-0.4, -0.2) is 25.0 Å². The minimum atomic E-state index is -3.32. The maximum absolute atomic E-state index is 11.7. The molecule has 0 bridgehead atoms. The van der Waals surface area contributed by atoms with Crippen molar-refractivity contribution in [2.24, 2.45) is 0 Å². The topological polar surface area (TPSA) is 59.1 Å². The van der Waals surface area contributed by atoms with Gasteiger partial charge in [0.25, 0.3) is 0 Å². The second-order valence-corrected chi connectivity index (χ2v) is 6.65. The number of pyridine rings is 1. The van der Waals surface area contributed by atoms with Crippen LogP contribution in [0.15, 0.2) is 16.6 Å². The smallest absolute Gasteiger partial charge is 0.233 e. The normalized spacial score (nSPS) is 11.5. The predicted molar refractivity (Wildman–Crippen MR) is 74.0 cm³/mol. The van der Waals surface area contributed by atoms with E-state index in [0.29, 0.717) is 24.5 Å². The quantitative estimate of drug-likeness (QED) is 0.639. The Bertz CT molecular complexity index is 479. The number of anilines is 1. The highest BCUT2D eigenvalue weighted by molar-refractivity contribution is 9.10. The lowest BCUT2D eigenvalue weighted by atomic mass is 10.4. The summed E-state index contributed by atoms with van der Waals surface area (Å²) in [5, 5.41) is 0. The summed E-state index contributed by atoms with van der Waals surface area (Å²) in [5.74, 6) is 0.887. The van der Waals surface area contributed by atoms with Crippen LogP contribution in [0.1, 0.15) is 18.5 Å². The molecule has 0 saturated carbocycles. The molecule has 0 radical (unpaired) electrons. The first-order valence-corrected chi connectivity index (χ1v) is 8.12. The predicted octanol–water partition coefficient (Wildman–Crippen LogP) is 2.91. The van der Waals surface area contributed by atoms with Crippen LogP contribution in [0.25, 0.3) is 0 Å². The molecule has 0 amide bonds. The van der Waals surface area contributed by atoms with Crippen LogP contribution >= 0.6 is 27.5 Å². The number of hydrogen-bond acceptors (Lipinski definition) is 3. The molecule has 1 aromatic heterocycles. The summed E-state index contributed by atoms with van der Waals surface area (Å²) < 4.78 is 26.6. The second kappa shape index (κ2) is 6.56. The maximum Gasteiger partial charge on any atom is 0.233 e. The summed E-state index contributed by atoms with van der Waals surface area (Å²) in [6, 6.07) is 3.38. The maximum atomic E-state index is 11.7. The van der Waals surface area contributed by atoms with E-state index in [1.165, 1.54) is 0 Å². The number of sulfonamides is 1. The molecule has 0 atom stereocenters.